The van der Waals surface area contributed by atoms with E-state index in [1.165, 1.54) is 0 Å². The highest BCUT2D eigenvalue weighted by Gasteiger charge is 2.28. The minimum atomic E-state index is -1.40. The standard InChI is InChI=1S/C13H17NOSi/c1-13(7-8-16(2,3)4)6-5-12(15)11(9-13)10-14/h9H,5-6H2,1-4H3/t13-/m0/s1. The first-order valence-corrected chi connectivity index (χ1v) is 8.96. The molecule has 0 spiro atoms. The molecule has 3 heteroatoms. The summed E-state index contributed by atoms with van der Waals surface area (Å²) in [6.45, 7) is 8.56. The second kappa shape index (κ2) is 4.27. The normalized spacial score (nSPS) is 25.2. The molecule has 84 valence electrons. The lowest BCUT2D eigenvalue weighted by Crippen LogP contribution is -2.23. The van der Waals surface area contributed by atoms with Crippen LogP contribution in [0.25, 0.3) is 0 Å². The maximum absolute atomic E-state index is 11.4. The van der Waals surface area contributed by atoms with E-state index < -0.39 is 8.07 Å². The van der Waals surface area contributed by atoms with E-state index in [0.717, 1.165) is 6.42 Å². The molecule has 0 amide bonds. The number of carbonyl (C=O) groups excluding carboxylic acids is 1. The summed E-state index contributed by atoms with van der Waals surface area (Å²) in [5.74, 6) is 3.21. The Morgan fingerprint density at radius 2 is 2.06 bits per heavy atom. The van der Waals surface area contributed by atoms with E-state index in [2.05, 4.69) is 31.1 Å². The fourth-order valence-corrected chi connectivity index (χ4v) is 2.16. The molecule has 16 heavy (non-hydrogen) atoms. The van der Waals surface area contributed by atoms with Gasteiger partial charge in [-0.3, -0.25) is 4.79 Å². The number of ketones is 1. The average molecular weight is 231 g/mol. The van der Waals surface area contributed by atoms with Crippen molar-refractivity contribution < 1.29 is 4.79 Å². The third-order valence-electron chi connectivity index (χ3n) is 2.48. The molecule has 1 atom stereocenters. The maximum Gasteiger partial charge on any atom is 0.173 e. The molecule has 0 heterocycles. The quantitative estimate of drug-likeness (QED) is 0.475. The molecule has 0 N–H and O–H groups in total. The van der Waals surface area contributed by atoms with Crippen molar-refractivity contribution >= 4 is 13.9 Å². The number of carbonyl (C=O) groups is 1. The van der Waals surface area contributed by atoms with Gasteiger partial charge in [-0.1, -0.05) is 25.6 Å². The van der Waals surface area contributed by atoms with Crippen LogP contribution >= 0.6 is 0 Å². The highest BCUT2D eigenvalue weighted by molar-refractivity contribution is 6.83. The summed E-state index contributed by atoms with van der Waals surface area (Å²) in [5.41, 5.74) is 3.30. The Hall–Kier alpha value is -1.32. The van der Waals surface area contributed by atoms with Crippen molar-refractivity contribution in [1.29, 1.82) is 5.26 Å². The zero-order valence-electron chi connectivity index (χ0n) is 10.3. The van der Waals surface area contributed by atoms with Crippen molar-refractivity contribution in [2.45, 2.75) is 39.4 Å². The Kier molecular flexibility index (Phi) is 3.40. The van der Waals surface area contributed by atoms with Gasteiger partial charge in [0.2, 0.25) is 0 Å². The molecule has 0 saturated heterocycles. The van der Waals surface area contributed by atoms with Crippen LogP contribution in [0.1, 0.15) is 19.8 Å². The Balaban J connectivity index is 3.04. The summed E-state index contributed by atoms with van der Waals surface area (Å²) in [7, 11) is -1.40. The van der Waals surface area contributed by atoms with Crippen molar-refractivity contribution in [2.24, 2.45) is 5.41 Å². The van der Waals surface area contributed by atoms with Crippen LogP contribution in [0.15, 0.2) is 11.6 Å². The van der Waals surface area contributed by atoms with Crippen LogP contribution in [0.5, 0.6) is 0 Å². The van der Waals surface area contributed by atoms with Gasteiger partial charge in [-0.15, -0.1) is 5.54 Å². The molecular formula is C13H17NOSi. The van der Waals surface area contributed by atoms with Crippen molar-refractivity contribution in [1.82, 2.24) is 0 Å². The largest absolute Gasteiger partial charge is 0.293 e. The molecule has 0 fully saturated rings. The smallest absolute Gasteiger partial charge is 0.173 e. The van der Waals surface area contributed by atoms with Gasteiger partial charge in [-0.25, -0.2) is 0 Å². The highest BCUT2D eigenvalue weighted by atomic mass is 28.3. The first kappa shape index (κ1) is 12.7. The number of rotatable bonds is 0. The molecule has 1 aliphatic rings. The third kappa shape index (κ3) is 3.36. The van der Waals surface area contributed by atoms with E-state index >= 15 is 0 Å². The van der Waals surface area contributed by atoms with Crippen LogP contribution < -0.4 is 0 Å². The van der Waals surface area contributed by atoms with Gasteiger partial charge in [0, 0.05) is 11.8 Å². The fourth-order valence-electron chi connectivity index (χ4n) is 1.50. The molecule has 0 aromatic rings. The van der Waals surface area contributed by atoms with Gasteiger partial charge in [-0.05, 0) is 19.4 Å². The molecule has 0 unspecified atom stereocenters. The number of Topliss-reactive ketones (excluding diaryl/α,β-unsaturated/α-hetero) is 1. The minimum absolute atomic E-state index is 0.0465. The number of nitrogens with zero attached hydrogens (tertiary/aromatic N) is 1. The van der Waals surface area contributed by atoms with Gasteiger partial charge >= 0.3 is 0 Å². The van der Waals surface area contributed by atoms with E-state index in [9.17, 15) is 4.79 Å². The lowest BCUT2D eigenvalue weighted by Gasteiger charge is -2.24. The molecule has 0 saturated carbocycles. The fraction of sp³-hybridized carbons (Fsp3) is 0.538. The van der Waals surface area contributed by atoms with Crippen LogP contribution in [0.2, 0.25) is 19.6 Å². The molecule has 1 aliphatic carbocycles. The lowest BCUT2D eigenvalue weighted by atomic mass is 9.78. The van der Waals surface area contributed by atoms with E-state index in [0.29, 0.717) is 6.42 Å². The van der Waals surface area contributed by atoms with Crippen molar-refractivity contribution in [3.63, 3.8) is 0 Å². The summed E-state index contributed by atoms with van der Waals surface area (Å²) in [5, 5.41) is 8.84. The van der Waals surface area contributed by atoms with E-state index in [4.69, 9.17) is 5.26 Å². The molecule has 0 bridgehead atoms. The third-order valence-corrected chi connectivity index (χ3v) is 3.35. The van der Waals surface area contributed by atoms with Crippen molar-refractivity contribution in [2.75, 3.05) is 0 Å². The Labute approximate surface area is 98.4 Å². The molecule has 2 nitrogen and oxygen atoms in total. The predicted octanol–water partition coefficient (Wildman–Crippen LogP) is 2.69. The molecular weight excluding hydrogens is 214 g/mol. The van der Waals surface area contributed by atoms with E-state index in [1.807, 2.05) is 13.0 Å². The van der Waals surface area contributed by atoms with E-state index in [1.54, 1.807) is 6.08 Å². The van der Waals surface area contributed by atoms with E-state index in [-0.39, 0.29) is 16.8 Å². The lowest BCUT2D eigenvalue weighted by molar-refractivity contribution is -0.116. The van der Waals surface area contributed by atoms with Crippen molar-refractivity contribution in [3.05, 3.63) is 11.6 Å². The minimum Gasteiger partial charge on any atom is -0.293 e. The first-order chi connectivity index (χ1) is 7.26. The predicted molar refractivity (Wildman–Crippen MR) is 67.2 cm³/mol. The molecule has 0 aliphatic heterocycles. The zero-order valence-corrected chi connectivity index (χ0v) is 11.3. The van der Waals surface area contributed by atoms with Gasteiger partial charge in [0.05, 0.1) is 5.57 Å². The summed E-state index contributed by atoms with van der Waals surface area (Å²) >= 11 is 0. The van der Waals surface area contributed by atoms with Crippen LogP contribution in [-0.4, -0.2) is 13.9 Å². The summed E-state index contributed by atoms with van der Waals surface area (Å²) in [6.07, 6.45) is 2.91. The number of hydrogen-bond acceptors (Lipinski definition) is 2. The summed E-state index contributed by atoms with van der Waals surface area (Å²) in [6, 6.07) is 1.96. The first-order valence-electron chi connectivity index (χ1n) is 5.46. The Morgan fingerprint density at radius 3 is 2.56 bits per heavy atom. The van der Waals surface area contributed by atoms with Gasteiger partial charge in [0.25, 0.3) is 0 Å². The second-order valence-corrected chi connectivity index (χ2v) is 10.3. The van der Waals surface area contributed by atoms with Crippen LogP contribution in [0.3, 0.4) is 0 Å². The highest BCUT2D eigenvalue weighted by Crippen LogP contribution is 2.31. The Morgan fingerprint density at radius 1 is 1.44 bits per heavy atom. The van der Waals surface area contributed by atoms with Gasteiger partial charge < -0.3 is 0 Å². The molecule has 0 aromatic carbocycles. The number of allylic oxidation sites excluding steroid dienone is 2. The van der Waals surface area contributed by atoms with Gasteiger partial charge in [0.1, 0.15) is 14.1 Å². The summed E-state index contributed by atoms with van der Waals surface area (Å²) in [4.78, 5) is 11.4. The Bertz CT molecular complexity index is 439. The molecule has 0 radical (unpaired) electrons. The monoisotopic (exact) mass is 231 g/mol. The van der Waals surface area contributed by atoms with Crippen LogP contribution in [0, 0.1) is 28.2 Å². The second-order valence-electron chi connectivity index (χ2n) is 5.51. The SMILES string of the molecule is C[C@]1(C#C[Si](C)(C)C)C=C(C#N)C(=O)CC1. The maximum atomic E-state index is 11.4. The average Bonchev–Trinajstić information content (AvgIpc) is 2.19. The summed E-state index contributed by atoms with van der Waals surface area (Å²) < 4.78 is 0. The molecule has 0 aromatic heterocycles. The zero-order chi connectivity index (χ0) is 12.4. The van der Waals surface area contributed by atoms with Crippen LogP contribution in [-0.2, 0) is 4.79 Å². The topological polar surface area (TPSA) is 40.9 Å². The molecule has 1 rings (SSSR count). The van der Waals surface area contributed by atoms with Crippen molar-refractivity contribution in [3.8, 4) is 17.5 Å². The van der Waals surface area contributed by atoms with Crippen LogP contribution in [0.4, 0.5) is 0 Å². The number of hydrogen-bond donors (Lipinski definition) is 0. The number of nitriles is 1. The van der Waals surface area contributed by atoms with Gasteiger partial charge in [-0.2, -0.15) is 5.26 Å². The van der Waals surface area contributed by atoms with Gasteiger partial charge in [0.15, 0.2) is 5.78 Å².